The second kappa shape index (κ2) is 9.45. The van der Waals surface area contributed by atoms with Crippen molar-refractivity contribution in [1.82, 2.24) is 9.88 Å². The van der Waals surface area contributed by atoms with Crippen LogP contribution in [0.4, 0.5) is 8.78 Å². The maximum Gasteiger partial charge on any atom is 0.130 e. The number of hydrogen-bond donors (Lipinski definition) is 0. The van der Waals surface area contributed by atoms with Gasteiger partial charge in [-0.25, -0.2) is 8.78 Å². The highest BCUT2D eigenvalue weighted by Gasteiger charge is 2.11. The summed E-state index contributed by atoms with van der Waals surface area (Å²) in [5.74, 6) is -1.06. The predicted molar refractivity (Wildman–Crippen MR) is 90.4 cm³/mol. The largest absolute Gasteiger partial charge is 0.379 e. The molecule has 0 radical (unpaired) electrons. The fraction of sp³-hybridized carbons (Fsp3) is 0.421. The quantitative estimate of drug-likeness (QED) is 0.643. The molecule has 0 amide bonds. The summed E-state index contributed by atoms with van der Waals surface area (Å²) in [6, 6.07) is 7.62. The molecule has 130 valence electrons. The lowest BCUT2D eigenvalue weighted by Crippen LogP contribution is -2.25. The fourth-order valence-corrected chi connectivity index (χ4v) is 2.46. The molecule has 1 heterocycles. The van der Waals surface area contributed by atoms with E-state index in [9.17, 15) is 8.78 Å². The van der Waals surface area contributed by atoms with Crippen molar-refractivity contribution in [3.63, 3.8) is 0 Å². The Labute approximate surface area is 142 Å². The van der Waals surface area contributed by atoms with Gasteiger partial charge in [-0.05, 0) is 44.0 Å². The van der Waals surface area contributed by atoms with Crippen LogP contribution in [0.2, 0.25) is 0 Å². The minimum Gasteiger partial charge on any atom is -0.379 e. The summed E-state index contributed by atoms with van der Waals surface area (Å²) < 4.78 is 32.6. The fourth-order valence-electron chi connectivity index (χ4n) is 2.46. The van der Waals surface area contributed by atoms with E-state index in [0.29, 0.717) is 25.3 Å². The molecule has 5 heteroatoms. The first kappa shape index (κ1) is 18.5. The van der Waals surface area contributed by atoms with Crippen LogP contribution in [0.15, 0.2) is 42.7 Å². The lowest BCUT2D eigenvalue weighted by atomic mass is 10.1. The van der Waals surface area contributed by atoms with Gasteiger partial charge >= 0.3 is 0 Å². The summed E-state index contributed by atoms with van der Waals surface area (Å²) >= 11 is 0. The van der Waals surface area contributed by atoms with Crippen molar-refractivity contribution >= 4 is 0 Å². The van der Waals surface area contributed by atoms with E-state index < -0.39 is 11.6 Å². The van der Waals surface area contributed by atoms with Crippen molar-refractivity contribution in [3.8, 4) is 0 Å². The summed E-state index contributed by atoms with van der Waals surface area (Å²) in [6.45, 7) is 6.55. The number of nitrogens with zero attached hydrogens (tertiary/aromatic N) is 2. The summed E-state index contributed by atoms with van der Waals surface area (Å²) in [4.78, 5) is 6.15. The minimum absolute atomic E-state index is 0.202. The third-order valence-electron chi connectivity index (χ3n) is 3.63. The third kappa shape index (κ3) is 6.34. The summed E-state index contributed by atoms with van der Waals surface area (Å²) in [6.07, 6.45) is 4.54. The molecule has 1 aromatic carbocycles. The second-order valence-corrected chi connectivity index (χ2v) is 6.07. The van der Waals surface area contributed by atoms with E-state index in [1.807, 2.05) is 26.0 Å². The number of benzene rings is 1. The second-order valence-electron chi connectivity index (χ2n) is 6.07. The Morgan fingerprint density at radius 1 is 1.08 bits per heavy atom. The molecule has 0 aliphatic heterocycles. The van der Waals surface area contributed by atoms with Crippen LogP contribution in [-0.2, 0) is 17.8 Å². The molecular formula is C19H24F2N2O. The minimum atomic E-state index is -0.553. The molecule has 0 aliphatic carbocycles. The lowest BCUT2D eigenvalue weighted by Gasteiger charge is -2.23. The zero-order valence-corrected chi connectivity index (χ0v) is 14.2. The molecule has 2 aromatic rings. The van der Waals surface area contributed by atoms with Crippen molar-refractivity contribution in [2.24, 2.45) is 0 Å². The molecule has 0 N–H and O–H groups in total. The number of pyridine rings is 1. The van der Waals surface area contributed by atoms with Crippen molar-refractivity contribution in [3.05, 3.63) is 65.5 Å². The molecule has 24 heavy (non-hydrogen) atoms. The Morgan fingerprint density at radius 3 is 2.50 bits per heavy atom. The molecule has 0 saturated carbocycles. The van der Waals surface area contributed by atoms with Crippen molar-refractivity contribution in [1.29, 1.82) is 0 Å². The number of aromatic nitrogens is 1. The van der Waals surface area contributed by atoms with Gasteiger partial charge in [-0.2, -0.15) is 0 Å². The number of halogens is 2. The van der Waals surface area contributed by atoms with E-state index in [-0.39, 0.29) is 6.10 Å². The van der Waals surface area contributed by atoms with Crippen LogP contribution in [0, 0.1) is 11.6 Å². The van der Waals surface area contributed by atoms with Gasteiger partial charge in [-0.3, -0.25) is 9.88 Å². The molecule has 0 saturated heterocycles. The normalized spacial score (nSPS) is 11.4. The van der Waals surface area contributed by atoms with Gasteiger partial charge in [0, 0.05) is 50.3 Å². The summed E-state index contributed by atoms with van der Waals surface area (Å²) in [5, 5.41) is 0. The van der Waals surface area contributed by atoms with Crippen LogP contribution < -0.4 is 0 Å². The zero-order valence-electron chi connectivity index (χ0n) is 14.2. The van der Waals surface area contributed by atoms with Gasteiger partial charge in [-0.15, -0.1) is 0 Å². The standard InChI is InChI=1S/C19H24F2N2O/c1-15(2)24-11-3-10-23(13-16-6-8-22-9-7-16)14-17-4-5-18(20)12-19(17)21/h4-9,12,15H,3,10-11,13-14H2,1-2H3. The predicted octanol–water partition coefficient (Wildman–Crippen LogP) is 4.18. The topological polar surface area (TPSA) is 25.4 Å². The smallest absolute Gasteiger partial charge is 0.130 e. The van der Waals surface area contributed by atoms with Crippen molar-refractivity contribution < 1.29 is 13.5 Å². The molecule has 0 atom stereocenters. The SMILES string of the molecule is CC(C)OCCCN(Cc1ccncc1)Cc1ccc(F)cc1F. The van der Waals surface area contributed by atoms with E-state index in [4.69, 9.17) is 4.74 Å². The first-order valence-electron chi connectivity index (χ1n) is 8.21. The van der Waals surface area contributed by atoms with E-state index in [1.165, 1.54) is 12.1 Å². The Hall–Kier alpha value is -1.85. The molecule has 0 aliphatic rings. The van der Waals surface area contributed by atoms with Crippen LogP contribution in [0.5, 0.6) is 0 Å². The zero-order chi connectivity index (χ0) is 17.4. The maximum absolute atomic E-state index is 13.9. The Bertz CT molecular complexity index is 620. The van der Waals surface area contributed by atoms with E-state index >= 15 is 0 Å². The first-order valence-corrected chi connectivity index (χ1v) is 8.21. The lowest BCUT2D eigenvalue weighted by molar-refractivity contribution is 0.0692. The average Bonchev–Trinajstić information content (AvgIpc) is 2.54. The van der Waals surface area contributed by atoms with Gasteiger partial charge in [-0.1, -0.05) is 6.07 Å². The van der Waals surface area contributed by atoms with Crippen molar-refractivity contribution in [2.45, 2.75) is 39.5 Å². The number of rotatable bonds is 9. The molecule has 0 spiro atoms. The number of hydrogen-bond acceptors (Lipinski definition) is 3. The van der Waals surface area contributed by atoms with Crippen LogP contribution in [0.3, 0.4) is 0 Å². The summed E-state index contributed by atoms with van der Waals surface area (Å²) in [7, 11) is 0. The highest BCUT2D eigenvalue weighted by atomic mass is 19.1. The van der Waals surface area contributed by atoms with Crippen LogP contribution in [-0.4, -0.2) is 29.1 Å². The molecule has 0 bridgehead atoms. The Balaban J connectivity index is 2.00. The van der Waals surface area contributed by atoms with Crippen molar-refractivity contribution in [2.75, 3.05) is 13.2 Å². The first-order chi connectivity index (χ1) is 11.5. The Kier molecular flexibility index (Phi) is 7.28. The van der Waals surface area contributed by atoms with Crippen LogP contribution in [0.25, 0.3) is 0 Å². The maximum atomic E-state index is 13.9. The monoisotopic (exact) mass is 334 g/mol. The average molecular weight is 334 g/mol. The summed E-state index contributed by atoms with van der Waals surface area (Å²) in [5.41, 5.74) is 1.60. The molecule has 0 fully saturated rings. The Morgan fingerprint density at radius 2 is 1.83 bits per heavy atom. The van der Waals surface area contributed by atoms with Gasteiger partial charge in [0.1, 0.15) is 11.6 Å². The molecule has 1 aromatic heterocycles. The van der Waals surface area contributed by atoms with Gasteiger partial charge < -0.3 is 4.74 Å². The highest BCUT2D eigenvalue weighted by Crippen LogP contribution is 2.15. The molecule has 0 unspecified atom stereocenters. The molecule has 3 nitrogen and oxygen atoms in total. The van der Waals surface area contributed by atoms with Gasteiger partial charge in [0.15, 0.2) is 0 Å². The van der Waals surface area contributed by atoms with E-state index in [0.717, 1.165) is 24.6 Å². The van der Waals surface area contributed by atoms with Crippen LogP contribution >= 0.6 is 0 Å². The molecular weight excluding hydrogens is 310 g/mol. The van der Waals surface area contributed by atoms with Gasteiger partial charge in [0.25, 0.3) is 0 Å². The highest BCUT2D eigenvalue weighted by molar-refractivity contribution is 5.19. The van der Waals surface area contributed by atoms with E-state index in [2.05, 4.69) is 9.88 Å². The van der Waals surface area contributed by atoms with Crippen LogP contribution in [0.1, 0.15) is 31.4 Å². The molecule has 2 rings (SSSR count). The number of ether oxygens (including phenoxy) is 1. The third-order valence-corrected chi connectivity index (χ3v) is 3.63. The van der Waals surface area contributed by atoms with Gasteiger partial charge in [0.05, 0.1) is 6.10 Å². The van der Waals surface area contributed by atoms with Gasteiger partial charge in [0.2, 0.25) is 0 Å². The van der Waals surface area contributed by atoms with E-state index in [1.54, 1.807) is 12.4 Å².